The molecule has 6 heteroatoms. The number of rotatable bonds is 9. The summed E-state index contributed by atoms with van der Waals surface area (Å²) in [5, 5.41) is 16.3. The van der Waals surface area contributed by atoms with Gasteiger partial charge in [-0.15, -0.1) is 0 Å². The summed E-state index contributed by atoms with van der Waals surface area (Å²) in [6.07, 6.45) is 5.11. The van der Waals surface area contributed by atoms with E-state index in [1.54, 1.807) is 12.1 Å². The molecule has 1 atom stereocenters. The third kappa shape index (κ3) is 6.28. The molecule has 168 valence electrons. The molecule has 0 spiro atoms. The van der Waals surface area contributed by atoms with Gasteiger partial charge in [0.25, 0.3) is 0 Å². The largest absolute Gasteiger partial charge is 0.508 e. The first-order valence-corrected chi connectivity index (χ1v) is 11.6. The molecule has 0 bridgehead atoms. The molecule has 3 N–H and O–H groups in total. The molecule has 1 aliphatic heterocycles. The van der Waals surface area contributed by atoms with E-state index in [0.717, 1.165) is 56.0 Å². The summed E-state index contributed by atoms with van der Waals surface area (Å²) >= 11 is 0. The number of benzene rings is 2. The Kier molecular flexibility index (Phi) is 7.69. The summed E-state index contributed by atoms with van der Waals surface area (Å²) in [6, 6.07) is 18.6. The van der Waals surface area contributed by atoms with Gasteiger partial charge >= 0.3 is 0 Å². The fourth-order valence-electron chi connectivity index (χ4n) is 4.25. The van der Waals surface area contributed by atoms with E-state index in [1.165, 1.54) is 18.4 Å². The van der Waals surface area contributed by atoms with Crippen LogP contribution in [-0.4, -0.2) is 52.2 Å². The van der Waals surface area contributed by atoms with E-state index in [9.17, 15) is 5.11 Å². The number of anilines is 1. The average Bonchev–Trinajstić information content (AvgIpc) is 2.81. The summed E-state index contributed by atoms with van der Waals surface area (Å²) in [5.41, 5.74) is 4.53. The first kappa shape index (κ1) is 22.2. The van der Waals surface area contributed by atoms with Crippen molar-refractivity contribution in [2.45, 2.75) is 38.8 Å². The van der Waals surface area contributed by atoms with Gasteiger partial charge in [0, 0.05) is 50.5 Å². The van der Waals surface area contributed by atoms with Crippen LogP contribution in [0.25, 0.3) is 11.3 Å². The Labute approximate surface area is 190 Å². The molecular weight excluding hydrogens is 398 g/mol. The van der Waals surface area contributed by atoms with Crippen molar-refractivity contribution < 1.29 is 5.11 Å². The lowest BCUT2D eigenvalue weighted by Gasteiger charge is -2.33. The molecule has 1 fully saturated rings. The van der Waals surface area contributed by atoms with Gasteiger partial charge in [0.2, 0.25) is 5.95 Å². The van der Waals surface area contributed by atoms with Crippen molar-refractivity contribution in [1.82, 2.24) is 20.2 Å². The number of hydrogen-bond donors (Lipinski definition) is 3. The quantitative estimate of drug-likeness (QED) is 0.474. The lowest BCUT2D eigenvalue weighted by atomic mass is 10.1. The molecule has 0 amide bonds. The van der Waals surface area contributed by atoms with Crippen molar-refractivity contribution in [2.75, 3.05) is 31.5 Å². The molecule has 1 unspecified atom stereocenters. The molecule has 0 aliphatic carbocycles. The number of phenols is 1. The predicted octanol–water partition coefficient (Wildman–Crippen LogP) is 4.08. The molecule has 2 heterocycles. The smallest absolute Gasteiger partial charge is 0.223 e. The van der Waals surface area contributed by atoms with Gasteiger partial charge in [-0.2, -0.15) is 0 Å². The van der Waals surface area contributed by atoms with Crippen LogP contribution in [0.4, 0.5) is 5.95 Å². The Morgan fingerprint density at radius 2 is 2.00 bits per heavy atom. The zero-order chi connectivity index (χ0) is 22.2. The van der Waals surface area contributed by atoms with Crippen LogP contribution in [0.5, 0.6) is 5.75 Å². The van der Waals surface area contributed by atoms with Gasteiger partial charge in [-0.25, -0.2) is 9.97 Å². The maximum Gasteiger partial charge on any atom is 0.223 e. The van der Waals surface area contributed by atoms with Crippen molar-refractivity contribution in [3.8, 4) is 17.0 Å². The highest BCUT2D eigenvalue weighted by Gasteiger charge is 2.18. The Hall–Kier alpha value is -2.96. The van der Waals surface area contributed by atoms with E-state index in [4.69, 9.17) is 4.98 Å². The van der Waals surface area contributed by atoms with Gasteiger partial charge in [-0.1, -0.05) is 43.7 Å². The first-order chi connectivity index (χ1) is 15.7. The van der Waals surface area contributed by atoms with Crippen LogP contribution in [-0.2, 0) is 13.0 Å². The Bertz CT molecular complexity index is 990. The number of nitrogens with zero attached hydrogens (tertiary/aromatic N) is 3. The fourth-order valence-corrected chi connectivity index (χ4v) is 4.25. The van der Waals surface area contributed by atoms with Crippen molar-refractivity contribution in [1.29, 1.82) is 0 Å². The highest BCUT2D eigenvalue weighted by Crippen LogP contribution is 2.21. The van der Waals surface area contributed by atoms with Gasteiger partial charge in [-0.05, 0) is 48.2 Å². The van der Waals surface area contributed by atoms with Crippen LogP contribution in [0, 0.1) is 0 Å². The zero-order valence-electron chi connectivity index (χ0n) is 18.8. The van der Waals surface area contributed by atoms with Crippen molar-refractivity contribution in [2.24, 2.45) is 0 Å². The summed E-state index contributed by atoms with van der Waals surface area (Å²) in [5.74, 6) is 0.925. The molecular formula is C26H33N5O. The van der Waals surface area contributed by atoms with Crippen LogP contribution in [0.15, 0.2) is 60.8 Å². The van der Waals surface area contributed by atoms with Crippen molar-refractivity contribution >= 4 is 5.95 Å². The number of phenolic OH excluding ortho intramolecular Hbond substituents is 1. The summed E-state index contributed by atoms with van der Waals surface area (Å²) < 4.78 is 0. The third-order valence-electron chi connectivity index (χ3n) is 5.89. The minimum atomic E-state index is 0.290. The number of hydrogen-bond acceptors (Lipinski definition) is 6. The summed E-state index contributed by atoms with van der Waals surface area (Å²) in [6.45, 7) is 7.22. The van der Waals surface area contributed by atoms with Crippen molar-refractivity contribution in [3.63, 3.8) is 0 Å². The molecule has 1 aromatic heterocycles. The second-order valence-electron chi connectivity index (χ2n) is 8.48. The van der Waals surface area contributed by atoms with E-state index in [0.29, 0.717) is 12.0 Å². The molecule has 0 saturated carbocycles. The molecule has 0 radical (unpaired) electrons. The Morgan fingerprint density at radius 1 is 1.12 bits per heavy atom. The molecule has 6 nitrogen and oxygen atoms in total. The van der Waals surface area contributed by atoms with Gasteiger partial charge in [0.15, 0.2) is 0 Å². The third-order valence-corrected chi connectivity index (χ3v) is 5.89. The zero-order valence-corrected chi connectivity index (χ0v) is 18.8. The fraction of sp³-hybridized carbons (Fsp3) is 0.385. The van der Waals surface area contributed by atoms with E-state index >= 15 is 0 Å². The molecule has 3 aromatic rings. The highest BCUT2D eigenvalue weighted by atomic mass is 16.3. The lowest BCUT2D eigenvalue weighted by molar-refractivity contribution is 0.187. The predicted molar refractivity (Wildman–Crippen MR) is 130 cm³/mol. The van der Waals surface area contributed by atoms with Crippen LogP contribution in [0.2, 0.25) is 0 Å². The Balaban J connectivity index is 1.36. The number of nitrogens with one attached hydrogen (secondary N) is 2. The van der Waals surface area contributed by atoms with Gasteiger partial charge < -0.3 is 15.7 Å². The maximum atomic E-state index is 9.40. The summed E-state index contributed by atoms with van der Waals surface area (Å²) in [7, 11) is 0. The van der Waals surface area contributed by atoms with Crippen molar-refractivity contribution in [3.05, 3.63) is 71.9 Å². The molecule has 1 aliphatic rings. The second-order valence-corrected chi connectivity index (χ2v) is 8.48. The van der Waals surface area contributed by atoms with Crippen LogP contribution < -0.4 is 10.6 Å². The molecule has 4 rings (SSSR count). The maximum absolute atomic E-state index is 9.40. The first-order valence-electron chi connectivity index (χ1n) is 11.6. The standard InChI is InChI=1S/C26H33N5O/c1-2-4-23-19-31(16-15-27-23)18-21-5-3-6-22(17-21)25-12-14-29-26(30-25)28-13-11-20-7-9-24(32)10-8-20/h3,5-10,12,14,17,23,27,32H,2,4,11,13,15-16,18-19H2,1H3,(H,28,29,30). The number of aromatic hydroxyl groups is 1. The van der Waals surface area contributed by atoms with E-state index in [1.807, 2.05) is 24.4 Å². The lowest BCUT2D eigenvalue weighted by Crippen LogP contribution is -2.50. The summed E-state index contributed by atoms with van der Waals surface area (Å²) in [4.78, 5) is 11.6. The highest BCUT2D eigenvalue weighted by molar-refractivity contribution is 5.61. The van der Waals surface area contributed by atoms with E-state index in [2.05, 4.69) is 51.7 Å². The minimum absolute atomic E-state index is 0.290. The van der Waals surface area contributed by atoms with Gasteiger partial charge in [0.1, 0.15) is 5.75 Å². The van der Waals surface area contributed by atoms with Crippen LogP contribution in [0.1, 0.15) is 30.9 Å². The van der Waals surface area contributed by atoms with E-state index in [-0.39, 0.29) is 5.75 Å². The number of aromatic nitrogens is 2. The Morgan fingerprint density at radius 3 is 2.84 bits per heavy atom. The monoisotopic (exact) mass is 431 g/mol. The molecule has 1 saturated heterocycles. The molecule has 32 heavy (non-hydrogen) atoms. The topological polar surface area (TPSA) is 73.3 Å². The SMILES string of the molecule is CCCC1CN(Cc2cccc(-c3ccnc(NCCc4ccc(O)cc4)n3)c2)CCN1. The minimum Gasteiger partial charge on any atom is -0.508 e. The van der Waals surface area contributed by atoms with Gasteiger partial charge in [0.05, 0.1) is 5.69 Å². The normalized spacial score (nSPS) is 16.7. The van der Waals surface area contributed by atoms with Gasteiger partial charge in [-0.3, -0.25) is 4.90 Å². The number of piperazine rings is 1. The van der Waals surface area contributed by atoms with Crippen LogP contribution >= 0.6 is 0 Å². The van der Waals surface area contributed by atoms with Crippen LogP contribution in [0.3, 0.4) is 0 Å². The second kappa shape index (κ2) is 11.1. The van der Waals surface area contributed by atoms with E-state index < -0.39 is 0 Å². The molecule has 2 aromatic carbocycles. The average molecular weight is 432 g/mol.